The second kappa shape index (κ2) is 5.66. The second-order valence-electron chi connectivity index (χ2n) is 6.57. The summed E-state index contributed by atoms with van der Waals surface area (Å²) in [5.74, 6) is 2.68. The summed E-state index contributed by atoms with van der Waals surface area (Å²) < 4.78 is 0. The fraction of sp³-hybridized carbons (Fsp3) is 0.733. The first kappa shape index (κ1) is 14.6. The van der Waals surface area contributed by atoms with Crippen molar-refractivity contribution in [2.45, 2.75) is 58.8 Å². The SMILES string of the molecule is Cc1c(Cl)nc(C(C)(C)C)nc1NCCCC1CC1. The monoisotopic (exact) mass is 281 g/mol. The van der Waals surface area contributed by atoms with Gasteiger partial charge in [0.2, 0.25) is 0 Å². The lowest BCUT2D eigenvalue weighted by atomic mass is 9.95. The van der Waals surface area contributed by atoms with E-state index in [2.05, 4.69) is 36.1 Å². The van der Waals surface area contributed by atoms with E-state index in [0.29, 0.717) is 5.15 Å². The fourth-order valence-electron chi connectivity index (χ4n) is 2.00. The summed E-state index contributed by atoms with van der Waals surface area (Å²) in [6.07, 6.45) is 5.38. The van der Waals surface area contributed by atoms with Crippen LogP contribution in [0.15, 0.2) is 0 Å². The normalized spacial score (nSPS) is 15.6. The molecule has 0 amide bonds. The zero-order chi connectivity index (χ0) is 14.0. The summed E-state index contributed by atoms with van der Waals surface area (Å²) in [5, 5.41) is 3.97. The summed E-state index contributed by atoms with van der Waals surface area (Å²) >= 11 is 6.21. The van der Waals surface area contributed by atoms with E-state index >= 15 is 0 Å². The minimum atomic E-state index is -0.0816. The molecule has 2 rings (SSSR count). The Morgan fingerprint density at radius 1 is 1.26 bits per heavy atom. The Labute approximate surface area is 121 Å². The molecule has 3 nitrogen and oxygen atoms in total. The zero-order valence-corrected chi connectivity index (χ0v) is 13.1. The van der Waals surface area contributed by atoms with E-state index in [4.69, 9.17) is 11.6 Å². The average molecular weight is 282 g/mol. The van der Waals surface area contributed by atoms with Crippen LogP contribution >= 0.6 is 11.6 Å². The second-order valence-corrected chi connectivity index (χ2v) is 6.93. The number of rotatable bonds is 5. The van der Waals surface area contributed by atoms with Crippen LogP contribution < -0.4 is 5.32 Å². The van der Waals surface area contributed by atoms with Gasteiger partial charge in [-0.25, -0.2) is 9.97 Å². The molecule has 1 aromatic heterocycles. The van der Waals surface area contributed by atoms with Crippen LogP contribution in [-0.4, -0.2) is 16.5 Å². The third-order valence-electron chi connectivity index (χ3n) is 3.54. The molecule has 1 N–H and O–H groups in total. The molecule has 1 heterocycles. The first-order valence-corrected chi connectivity index (χ1v) is 7.54. The molecule has 0 atom stereocenters. The summed E-state index contributed by atoms with van der Waals surface area (Å²) in [5.41, 5.74) is 0.864. The molecule has 0 unspecified atom stereocenters. The van der Waals surface area contributed by atoms with Gasteiger partial charge in [0.05, 0.1) is 0 Å². The van der Waals surface area contributed by atoms with Crippen LogP contribution in [0.25, 0.3) is 0 Å². The van der Waals surface area contributed by atoms with Crippen LogP contribution in [0.1, 0.15) is 57.8 Å². The van der Waals surface area contributed by atoms with Crippen molar-refractivity contribution >= 4 is 17.4 Å². The first-order valence-electron chi connectivity index (χ1n) is 7.16. The van der Waals surface area contributed by atoms with E-state index in [9.17, 15) is 0 Å². The highest BCUT2D eigenvalue weighted by molar-refractivity contribution is 6.30. The smallest absolute Gasteiger partial charge is 0.137 e. The number of aromatic nitrogens is 2. The van der Waals surface area contributed by atoms with Crippen LogP contribution in [-0.2, 0) is 5.41 Å². The predicted molar refractivity (Wildman–Crippen MR) is 80.9 cm³/mol. The Bertz CT molecular complexity index is 447. The van der Waals surface area contributed by atoms with Gasteiger partial charge in [-0.3, -0.25) is 0 Å². The van der Waals surface area contributed by atoms with Crippen LogP contribution in [0.4, 0.5) is 5.82 Å². The summed E-state index contributed by atoms with van der Waals surface area (Å²) in [6, 6.07) is 0. The van der Waals surface area contributed by atoms with E-state index in [1.165, 1.54) is 25.7 Å². The molecule has 1 aromatic rings. The predicted octanol–water partition coefficient (Wildman–Crippen LogP) is 4.34. The maximum atomic E-state index is 6.21. The van der Waals surface area contributed by atoms with E-state index in [1.54, 1.807) is 0 Å². The Kier molecular flexibility index (Phi) is 4.34. The molecule has 1 aliphatic rings. The van der Waals surface area contributed by atoms with Crippen molar-refractivity contribution < 1.29 is 0 Å². The minimum Gasteiger partial charge on any atom is -0.370 e. The van der Waals surface area contributed by atoms with E-state index in [-0.39, 0.29) is 5.41 Å². The first-order chi connectivity index (χ1) is 8.88. The molecule has 1 fully saturated rings. The maximum Gasteiger partial charge on any atom is 0.137 e. The van der Waals surface area contributed by atoms with Gasteiger partial charge in [-0.2, -0.15) is 0 Å². The van der Waals surface area contributed by atoms with Gasteiger partial charge < -0.3 is 5.32 Å². The third kappa shape index (κ3) is 4.07. The molecule has 0 saturated heterocycles. The maximum absolute atomic E-state index is 6.21. The number of nitrogens with one attached hydrogen (secondary N) is 1. The van der Waals surface area contributed by atoms with E-state index in [0.717, 1.165) is 29.7 Å². The van der Waals surface area contributed by atoms with Crippen LogP contribution in [0.5, 0.6) is 0 Å². The number of halogens is 1. The Hall–Kier alpha value is -0.830. The Morgan fingerprint density at radius 2 is 1.95 bits per heavy atom. The fourth-order valence-corrected chi connectivity index (χ4v) is 2.17. The van der Waals surface area contributed by atoms with E-state index in [1.807, 2.05) is 6.92 Å². The van der Waals surface area contributed by atoms with Crippen molar-refractivity contribution in [3.63, 3.8) is 0 Å². The lowest BCUT2D eigenvalue weighted by molar-refractivity contribution is 0.545. The highest BCUT2D eigenvalue weighted by Gasteiger charge is 2.21. The minimum absolute atomic E-state index is 0.0816. The molecule has 4 heteroatoms. The summed E-state index contributed by atoms with van der Waals surface area (Å²) in [4.78, 5) is 9.02. The average Bonchev–Trinajstić information content (AvgIpc) is 3.12. The highest BCUT2D eigenvalue weighted by atomic mass is 35.5. The lowest BCUT2D eigenvalue weighted by Crippen LogP contribution is -2.18. The number of nitrogens with zero attached hydrogens (tertiary/aromatic N) is 2. The Balaban J connectivity index is 2.02. The summed E-state index contributed by atoms with van der Waals surface area (Å²) in [7, 11) is 0. The summed E-state index contributed by atoms with van der Waals surface area (Å²) in [6.45, 7) is 9.24. The largest absolute Gasteiger partial charge is 0.370 e. The molecule has 1 saturated carbocycles. The molecule has 0 aliphatic heterocycles. The number of hydrogen-bond donors (Lipinski definition) is 1. The van der Waals surface area contributed by atoms with Crippen molar-refractivity contribution in [2.75, 3.05) is 11.9 Å². The highest BCUT2D eigenvalue weighted by Crippen LogP contribution is 2.33. The van der Waals surface area contributed by atoms with Crippen LogP contribution in [0, 0.1) is 12.8 Å². The molecule has 0 bridgehead atoms. The van der Waals surface area contributed by atoms with Crippen molar-refractivity contribution in [3.8, 4) is 0 Å². The zero-order valence-electron chi connectivity index (χ0n) is 12.4. The molecular weight excluding hydrogens is 258 g/mol. The lowest BCUT2D eigenvalue weighted by Gasteiger charge is -2.19. The van der Waals surface area contributed by atoms with Crippen molar-refractivity contribution in [2.24, 2.45) is 5.92 Å². The van der Waals surface area contributed by atoms with Crippen molar-refractivity contribution in [3.05, 3.63) is 16.5 Å². The molecule has 1 aliphatic carbocycles. The van der Waals surface area contributed by atoms with Gasteiger partial charge in [0, 0.05) is 17.5 Å². The number of anilines is 1. The molecule has 0 spiro atoms. The molecule has 19 heavy (non-hydrogen) atoms. The molecule has 0 radical (unpaired) electrons. The van der Waals surface area contributed by atoms with E-state index < -0.39 is 0 Å². The Morgan fingerprint density at radius 3 is 2.53 bits per heavy atom. The molecule has 0 aromatic carbocycles. The van der Waals surface area contributed by atoms with Gasteiger partial charge in [0.25, 0.3) is 0 Å². The van der Waals surface area contributed by atoms with Crippen LogP contribution in [0.3, 0.4) is 0 Å². The van der Waals surface area contributed by atoms with Gasteiger partial charge in [-0.05, 0) is 25.7 Å². The molecule has 106 valence electrons. The van der Waals surface area contributed by atoms with Crippen molar-refractivity contribution in [1.82, 2.24) is 9.97 Å². The topological polar surface area (TPSA) is 37.8 Å². The third-order valence-corrected chi connectivity index (χ3v) is 3.90. The van der Waals surface area contributed by atoms with Gasteiger partial charge in [-0.1, -0.05) is 45.2 Å². The number of hydrogen-bond acceptors (Lipinski definition) is 3. The van der Waals surface area contributed by atoms with Gasteiger partial charge in [0.15, 0.2) is 0 Å². The standard InChI is InChI=1S/C15H24ClN3/c1-10-12(16)18-14(15(2,3)4)19-13(10)17-9-5-6-11-7-8-11/h11H,5-9H2,1-4H3,(H,17,18,19). The van der Waals surface area contributed by atoms with Crippen LogP contribution in [0.2, 0.25) is 5.15 Å². The van der Waals surface area contributed by atoms with Gasteiger partial charge in [-0.15, -0.1) is 0 Å². The quantitative estimate of drug-likeness (QED) is 0.644. The van der Waals surface area contributed by atoms with Gasteiger partial charge in [0.1, 0.15) is 16.8 Å². The molecular formula is C15H24ClN3. The van der Waals surface area contributed by atoms with Crippen molar-refractivity contribution in [1.29, 1.82) is 0 Å². The van der Waals surface area contributed by atoms with Gasteiger partial charge >= 0.3 is 0 Å².